The van der Waals surface area contributed by atoms with Crippen LogP contribution in [-0.2, 0) is 25.6 Å². The number of unbranched alkanes of at least 4 members (excludes halogenated alkanes) is 1. The van der Waals surface area contributed by atoms with Crippen molar-refractivity contribution in [1.29, 1.82) is 0 Å². The van der Waals surface area contributed by atoms with Crippen molar-refractivity contribution in [2.75, 3.05) is 34.2 Å². The van der Waals surface area contributed by atoms with E-state index >= 15 is 0 Å². The zero-order chi connectivity index (χ0) is 34.5. The van der Waals surface area contributed by atoms with Crippen molar-refractivity contribution < 1.29 is 19.2 Å². The van der Waals surface area contributed by atoms with Gasteiger partial charge in [0.05, 0.1) is 11.5 Å². The van der Waals surface area contributed by atoms with Crippen LogP contribution < -0.4 is 49.5 Å². The second-order valence-corrected chi connectivity index (χ2v) is 10.9. The molecule has 1 aromatic carbocycles. The lowest BCUT2D eigenvalue weighted by atomic mass is 10.0. The first-order chi connectivity index (χ1) is 22.0. The third kappa shape index (κ3) is 15.1. The number of thiocarbonyl (C=S) groups is 1. The van der Waals surface area contributed by atoms with E-state index in [1.54, 1.807) is 32.2 Å². The van der Waals surface area contributed by atoms with Crippen molar-refractivity contribution >= 4 is 47.3 Å². The molecule has 0 bridgehead atoms. The summed E-state index contributed by atoms with van der Waals surface area (Å²) in [5, 5.41) is 14.2. The van der Waals surface area contributed by atoms with Gasteiger partial charge in [-0.05, 0) is 51.3 Å². The molecule has 13 N–H and O–H groups in total. The van der Waals surface area contributed by atoms with Crippen molar-refractivity contribution in [3.63, 3.8) is 0 Å². The van der Waals surface area contributed by atoms with E-state index in [4.69, 9.17) is 35.2 Å². The normalized spacial score (nSPS) is 13.7. The molecule has 0 spiro atoms. The third-order valence-electron chi connectivity index (χ3n) is 7.10. The van der Waals surface area contributed by atoms with Gasteiger partial charge in [0, 0.05) is 45.4 Å². The topological polar surface area (TPSA) is 248 Å². The van der Waals surface area contributed by atoms with Crippen LogP contribution in [-0.4, -0.2) is 98.4 Å². The number of carbonyl (C=O) groups is 4. The maximum atomic E-state index is 13.8. The summed E-state index contributed by atoms with van der Waals surface area (Å²) < 4.78 is 0. The molecule has 256 valence electrons. The van der Waals surface area contributed by atoms with Crippen LogP contribution in [0.5, 0.6) is 0 Å². The Balaban J connectivity index is 3.26. The van der Waals surface area contributed by atoms with Crippen molar-refractivity contribution in [3.05, 3.63) is 47.8 Å². The second kappa shape index (κ2) is 22.3. The molecule has 1 rings (SSSR count). The Morgan fingerprint density at radius 1 is 0.870 bits per heavy atom. The van der Waals surface area contributed by atoms with Gasteiger partial charge >= 0.3 is 0 Å². The minimum absolute atomic E-state index is 0.0408. The minimum Gasteiger partial charge on any atom is -0.393 e. The van der Waals surface area contributed by atoms with Crippen molar-refractivity contribution in [2.24, 2.45) is 27.9 Å². The number of hydrogen-bond acceptors (Lipinski definition) is 9. The summed E-state index contributed by atoms with van der Waals surface area (Å²) >= 11 is 5.09. The number of nitrogens with two attached hydrogens (primary N) is 4. The fourth-order valence-electron chi connectivity index (χ4n) is 4.52. The monoisotopic (exact) mass is 661 g/mol. The summed E-state index contributed by atoms with van der Waals surface area (Å²) in [4.78, 5) is 58.6. The Kier molecular flexibility index (Phi) is 19.2. The second-order valence-electron chi connectivity index (χ2n) is 10.7. The fourth-order valence-corrected chi connectivity index (χ4v) is 4.65. The van der Waals surface area contributed by atoms with Gasteiger partial charge in [0.15, 0.2) is 5.96 Å². The number of likely N-dealkylation sites (N-methyl/N-ethyl adjacent to an activating group) is 1. The molecule has 0 saturated heterocycles. The third-order valence-corrected chi connectivity index (χ3v) is 7.42. The molecule has 0 saturated carbocycles. The number of carbonyl (C=O) groups excluding carboxylic acids is 4. The Morgan fingerprint density at radius 3 is 2.02 bits per heavy atom. The number of guanidine groups is 1. The Labute approximate surface area is 276 Å². The first-order valence-corrected chi connectivity index (χ1v) is 15.7. The van der Waals surface area contributed by atoms with E-state index in [2.05, 4.69) is 31.6 Å². The van der Waals surface area contributed by atoms with E-state index in [1.165, 1.54) is 5.49 Å². The molecule has 0 radical (unpaired) electrons. The summed E-state index contributed by atoms with van der Waals surface area (Å²) in [6.07, 6.45) is 4.18. The molecular weight excluding hydrogens is 610 g/mol. The molecule has 0 heterocycles. The van der Waals surface area contributed by atoms with E-state index in [0.717, 1.165) is 5.56 Å². The van der Waals surface area contributed by atoms with Crippen molar-refractivity contribution in [3.8, 4) is 0 Å². The molecule has 0 aliphatic carbocycles. The first kappa shape index (κ1) is 39.7. The molecule has 0 aliphatic rings. The van der Waals surface area contributed by atoms with Crippen molar-refractivity contribution in [1.82, 2.24) is 31.5 Å². The van der Waals surface area contributed by atoms with Gasteiger partial charge in [-0.2, -0.15) is 0 Å². The SMILES string of the molecule is CN/C=C(/CC(NC(=O)C(CCCN=C(N)N)NC)C(=O)NC(CCCCN)C(=O)NC(Cc1ccccc1)C(N)=O)N(C)C=S. The maximum Gasteiger partial charge on any atom is 0.243 e. The summed E-state index contributed by atoms with van der Waals surface area (Å²) in [6, 6.07) is 5.34. The predicted octanol–water partition coefficient (Wildman–Crippen LogP) is -1.72. The number of aliphatic imine (C=N–C) groups is 1. The quantitative estimate of drug-likeness (QED) is 0.0276. The molecule has 0 aromatic heterocycles. The summed E-state index contributed by atoms with van der Waals surface area (Å²) in [5.41, 5.74) is 24.9. The standard InChI is InChI=1S/C30H51N11O4S/c1-35-18-21(41(3)19-46)17-25(40-27(43)22(36-2)13-9-15-37-30(33)34)29(45)38-23(12-7-8-14-31)28(44)39-24(26(32)42)16-20-10-5-4-6-11-20/h4-6,10-11,18-19,22-25,35-36H,7-9,12-17,31H2,1-3H3,(H2,32,42)(H,38,45)(H,39,44)(H,40,43)(H4,33,34,37)/b21-18-. The largest absolute Gasteiger partial charge is 0.393 e. The lowest BCUT2D eigenvalue weighted by Gasteiger charge is -2.28. The number of amides is 4. The van der Waals surface area contributed by atoms with Crippen LogP contribution in [0.4, 0.5) is 0 Å². The average molecular weight is 662 g/mol. The highest BCUT2D eigenvalue weighted by atomic mass is 32.1. The number of primary amides is 1. The van der Waals surface area contributed by atoms with Crippen molar-refractivity contribution in [2.45, 2.75) is 69.1 Å². The fraction of sp³-hybridized carbons (Fsp3) is 0.533. The molecule has 0 aliphatic heterocycles. The molecule has 0 fully saturated rings. The number of hydrogen-bond donors (Lipinski definition) is 9. The van der Waals surface area contributed by atoms with Gasteiger partial charge in [-0.25, -0.2) is 0 Å². The molecule has 46 heavy (non-hydrogen) atoms. The van der Waals surface area contributed by atoms with Gasteiger partial charge in [-0.1, -0.05) is 42.5 Å². The van der Waals surface area contributed by atoms with Crippen LogP contribution in [0.2, 0.25) is 0 Å². The number of benzene rings is 1. The Hall–Kier alpha value is -4.28. The lowest BCUT2D eigenvalue weighted by molar-refractivity contribution is -0.133. The van der Waals surface area contributed by atoms with E-state index < -0.39 is 47.8 Å². The smallest absolute Gasteiger partial charge is 0.243 e. The molecule has 4 amide bonds. The summed E-state index contributed by atoms with van der Waals surface area (Å²) in [7, 11) is 5.04. The molecule has 16 heteroatoms. The Bertz CT molecular complexity index is 1180. The Morgan fingerprint density at radius 2 is 1.46 bits per heavy atom. The zero-order valence-electron chi connectivity index (χ0n) is 27.0. The zero-order valence-corrected chi connectivity index (χ0v) is 27.8. The molecule has 15 nitrogen and oxygen atoms in total. The molecule has 1 aromatic rings. The first-order valence-electron chi connectivity index (χ1n) is 15.2. The highest BCUT2D eigenvalue weighted by Crippen LogP contribution is 2.12. The van der Waals surface area contributed by atoms with E-state index in [-0.39, 0.29) is 25.2 Å². The lowest BCUT2D eigenvalue weighted by Crippen LogP contribution is -2.58. The van der Waals surface area contributed by atoms with Gasteiger partial charge in [0.25, 0.3) is 0 Å². The van der Waals surface area contributed by atoms with Crippen LogP contribution in [0.3, 0.4) is 0 Å². The highest BCUT2D eigenvalue weighted by Gasteiger charge is 2.31. The molecule has 4 atom stereocenters. The van der Waals surface area contributed by atoms with E-state index in [1.807, 2.05) is 30.3 Å². The van der Waals surface area contributed by atoms with Crippen LogP contribution in [0, 0.1) is 0 Å². The van der Waals surface area contributed by atoms with Gasteiger partial charge in [-0.3, -0.25) is 24.2 Å². The van der Waals surface area contributed by atoms with Gasteiger partial charge in [0.2, 0.25) is 23.6 Å². The van der Waals surface area contributed by atoms with Gasteiger partial charge in [0.1, 0.15) is 18.1 Å². The number of nitrogens with one attached hydrogen (secondary N) is 5. The van der Waals surface area contributed by atoms with E-state index in [0.29, 0.717) is 44.5 Å². The molecular formula is C30H51N11O4S. The maximum absolute atomic E-state index is 13.8. The van der Waals surface area contributed by atoms with Crippen LogP contribution in [0.15, 0.2) is 47.2 Å². The summed E-state index contributed by atoms with van der Waals surface area (Å²) in [5.74, 6) is -2.36. The van der Waals surface area contributed by atoms with Gasteiger partial charge < -0.3 is 54.4 Å². The highest BCUT2D eigenvalue weighted by molar-refractivity contribution is 7.78. The van der Waals surface area contributed by atoms with Gasteiger partial charge in [-0.15, -0.1) is 0 Å². The molecule has 4 unspecified atom stereocenters. The van der Waals surface area contributed by atoms with Crippen LogP contribution in [0.1, 0.15) is 44.1 Å². The minimum atomic E-state index is -1.10. The average Bonchev–Trinajstić information content (AvgIpc) is 3.03. The number of nitrogens with zero attached hydrogens (tertiary/aromatic N) is 2. The van der Waals surface area contributed by atoms with Crippen LogP contribution >= 0.6 is 12.2 Å². The van der Waals surface area contributed by atoms with E-state index in [9.17, 15) is 19.2 Å². The summed E-state index contributed by atoms with van der Waals surface area (Å²) in [6.45, 7) is 0.734. The van der Waals surface area contributed by atoms with Crippen LogP contribution in [0.25, 0.3) is 0 Å². The predicted molar refractivity (Wildman–Crippen MR) is 184 cm³/mol. The number of rotatable bonds is 23.